The Morgan fingerprint density at radius 1 is 0.885 bits per heavy atom. The Morgan fingerprint density at radius 2 is 1.38 bits per heavy atom. The Balaban J connectivity index is 0.00000312. The molecule has 0 saturated carbocycles. The number of nitrogen functional groups attached to an aromatic ring is 1. The van der Waals surface area contributed by atoms with Crippen LogP contribution < -0.4 is 11.1 Å². The van der Waals surface area contributed by atoms with Crippen LogP contribution in [-0.2, 0) is 16.0 Å². The van der Waals surface area contributed by atoms with E-state index in [1.54, 1.807) is 48.5 Å². The summed E-state index contributed by atoms with van der Waals surface area (Å²) in [6.07, 6.45) is -0.128. The summed E-state index contributed by atoms with van der Waals surface area (Å²) in [4.78, 5) is 33.8. The van der Waals surface area contributed by atoms with Crippen molar-refractivity contribution in [2.24, 2.45) is 5.92 Å². The Kier molecular flexibility index (Phi) is 10.8. The molecule has 0 spiro atoms. The van der Waals surface area contributed by atoms with Crippen LogP contribution in [0.4, 0.5) is 11.4 Å². The van der Waals surface area contributed by atoms with E-state index in [4.69, 9.17) is 15.9 Å². The predicted octanol–water partition coefficient (Wildman–Crippen LogP) is 1.09. The Bertz CT molecular complexity index is 750. The third kappa shape index (κ3) is 7.11. The quantitative estimate of drug-likeness (QED) is 0.340. The van der Waals surface area contributed by atoms with Crippen LogP contribution in [0.3, 0.4) is 0 Å². The molecule has 26 heavy (non-hydrogen) atoms. The van der Waals surface area contributed by atoms with Crippen molar-refractivity contribution in [1.29, 1.82) is 0 Å². The number of benzene rings is 2. The van der Waals surface area contributed by atoms with E-state index in [9.17, 15) is 14.4 Å². The number of nitrogens with two attached hydrogens (primary N) is 1. The van der Waals surface area contributed by atoms with Crippen molar-refractivity contribution in [3.8, 4) is 0 Å². The van der Waals surface area contributed by atoms with E-state index in [-0.39, 0.29) is 71.4 Å². The zero-order valence-corrected chi connectivity index (χ0v) is 18.6. The van der Waals surface area contributed by atoms with E-state index in [1.807, 2.05) is 0 Å². The number of carboxylic acid groups (broad SMARTS) is 2. The van der Waals surface area contributed by atoms with Gasteiger partial charge in [0.2, 0.25) is 0 Å². The Hall–Kier alpha value is -1.35. The average Bonchev–Trinajstić information content (AvgIpc) is 2.54. The van der Waals surface area contributed by atoms with Gasteiger partial charge in [-0.25, -0.2) is 0 Å². The van der Waals surface area contributed by atoms with Crippen LogP contribution in [0, 0.1) is 5.92 Å². The second kappa shape index (κ2) is 11.4. The van der Waals surface area contributed by atoms with E-state index in [1.165, 1.54) is 0 Å². The van der Waals surface area contributed by atoms with Gasteiger partial charge < -0.3 is 21.3 Å². The fourth-order valence-electron chi connectivity index (χ4n) is 2.08. The molecule has 2 aromatic carbocycles. The van der Waals surface area contributed by atoms with Gasteiger partial charge in [-0.1, -0.05) is 12.1 Å². The van der Waals surface area contributed by atoms with Gasteiger partial charge in [0.1, 0.15) is 0 Å². The van der Waals surface area contributed by atoms with Crippen molar-refractivity contribution in [2.45, 2.75) is 6.42 Å². The number of rotatable bonds is 6. The summed E-state index contributed by atoms with van der Waals surface area (Å²) in [6, 6.07) is 12.8. The SMILES string of the molecule is Nc1ccc(C(=O)Nc2ccc(CC(C(=O)O)C(=O)O)cc2)cc1.[Na].[Na]. The monoisotopic (exact) mass is 374 g/mol. The molecule has 0 fully saturated rings. The predicted molar refractivity (Wildman–Crippen MR) is 99.2 cm³/mol. The van der Waals surface area contributed by atoms with Gasteiger partial charge in [0.25, 0.3) is 5.91 Å². The van der Waals surface area contributed by atoms with Crippen LogP contribution >= 0.6 is 0 Å². The van der Waals surface area contributed by atoms with E-state index < -0.39 is 17.9 Å². The number of carbonyl (C=O) groups excluding carboxylic acids is 1. The largest absolute Gasteiger partial charge is 0.481 e. The maximum atomic E-state index is 12.1. The summed E-state index contributed by atoms with van der Waals surface area (Å²) < 4.78 is 0. The number of hydrogen-bond donors (Lipinski definition) is 4. The van der Waals surface area contributed by atoms with Gasteiger partial charge in [-0.2, -0.15) is 0 Å². The summed E-state index contributed by atoms with van der Waals surface area (Å²) in [6.45, 7) is 0. The van der Waals surface area contributed by atoms with E-state index in [0.717, 1.165) is 0 Å². The van der Waals surface area contributed by atoms with Crippen molar-refractivity contribution in [2.75, 3.05) is 11.1 Å². The van der Waals surface area contributed by atoms with Crippen molar-refractivity contribution < 1.29 is 24.6 Å². The summed E-state index contributed by atoms with van der Waals surface area (Å²) in [7, 11) is 0. The summed E-state index contributed by atoms with van der Waals surface area (Å²) in [5, 5.41) is 20.4. The normalized spacial score (nSPS) is 9.58. The molecule has 7 nitrogen and oxygen atoms in total. The smallest absolute Gasteiger partial charge is 0.318 e. The molecule has 0 saturated heterocycles. The number of anilines is 2. The van der Waals surface area contributed by atoms with E-state index >= 15 is 0 Å². The number of aliphatic carboxylic acids is 2. The molecule has 2 radical (unpaired) electrons. The molecule has 126 valence electrons. The summed E-state index contributed by atoms with van der Waals surface area (Å²) in [5.41, 5.74) is 7.64. The second-order valence-electron chi connectivity index (χ2n) is 5.21. The van der Waals surface area contributed by atoms with Crippen LogP contribution in [0.15, 0.2) is 48.5 Å². The maximum absolute atomic E-state index is 12.1. The van der Waals surface area contributed by atoms with E-state index in [0.29, 0.717) is 22.5 Å². The minimum absolute atomic E-state index is 0. The molecular formula is C17H16N2Na2O5. The number of carbonyl (C=O) groups is 3. The molecule has 0 aliphatic carbocycles. The first-order valence-electron chi connectivity index (χ1n) is 7.08. The summed E-state index contributed by atoms with van der Waals surface area (Å²) in [5.74, 6) is -4.58. The van der Waals surface area contributed by atoms with Gasteiger partial charge >= 0.3 is 11.9 Å². The molecule has 0 aromatic heterocycles. The van der Waals surface area contributed by atoms with Crippen LogP contribution in [0.5, 0.6) is 0 Å². The first kappa shape index (κ1) is 24.7. The van der Waals surface area contributed by atoms with Gasteiger partial charge in [-0.3, -0.25) is 14.4 Å². The molecule has 0 aliphatic heterocycles. The fourth-order valence-corrected chi connectivity index (χ4v) is 2.08. The summed E-state index contributed by atoms with van der Waals surface area (Å²) >= 11 is 0. The van der Waals surface area contributed by atoms with Crippen LogP contribution in [-0.4, -0.2) is 87.2 Å². The molecule has 0 atom stereocenters. The first-order valence-corrected chi connectivity index (χ1v) is 7.08. The molecule has 0 bridgehead atoms. The standard InChI is InChI=1S/C17H16N2O5.2Na/c18-12-5-3-11(4-6-12)15(20)19-13-7-1-10(2-8-13)9-14(16(21)22)17(23)24;;/h1-8,14H,9,18H2,(H,19,20)(H,21,22)(H,23,24);;. The number of amides is 1. The molecule has 1 amide bonds. The third-order valence-electron chi connectivity index (χ3n) is 3.42. The second-order valence-corrected chi connectivity index (χ2v) is 5.21. The minimum Gasteiger partial charge on any atom is -0.481 e. The third-order valence-corrected chi connectivity index (χ3v) is 3.42. The van der Waals surface area contributed by atoms with Crippen molar-refractivity contribution in [1.82, 2.24) is 0 Å². The number of carboxylic acids is 2. The van der Waals surface area contributed by atoms with Crippen molar-refractivity contribution >= 4 is 88.3 Å². The number of hydrogen-bond acceptors (Lipinski definition) is 4. The topological polar surface area (TPSA) is 130 Å². The molecule has 9 heteroatoms. The average molecular weight is 374 g/mol. The van der Waals surface area contributed by atoms with Crippen molar-refractivity contribution in [3.05, 3.63) is 59.7 Å². The molecule has 2 aromatic rings. The van der Waals surface area contributed by atoms with Crippen LogP contribution in [0.25, 0.3) is 0 Å². The molecule has 5 N–H and O–H groups in total. The van der Waals surface area contributed by atoms with E-state index in [2.05, 4.69) is 5.32 Å². The zero-order valence-electron chi connectivity index (χ0n) is 14.6. The van der Waals surface area contributed by atoms with Gasteiger partial charge in [-0.05, 0) is 48.4 Å². The maximum Gasteiger partial charge on any atom is 0.318 e. The Morgan fingerprint density at radius 3 is 1.85 bits per heavy atom. The van der Waals surface area contributed by atoms with Gasteiger partial charge in [-0.15, -0.1) is 0 Å². The Labute approximate surface area is 194 Å². The first-order chi connectivity index (χ1) is 11.4. The zero-order chi connectivity index (χ0) is 17.7. The molecule has 2 rings (SSSR count). The number of nitrogens with one attached hydrogen (secondary N) is 1. The van der Waals surface area contributed by atoms with Gasteiger partial charge in [0.05, 0.1) is 0 Å². The van der Waals surface area contributed by atoms with Gasteiger partial charge in [0.15, 0.2) is 5.92 Å². The van der Waals surface area contributed by atoms with Crippen molar-refractivity contribution in [3.63, 3.8) is 0 Å². The fraction of sp³-hybridized carbons (Fsp3) is 0.118. The van der Waals surface area contributed by atoms with Gasteiger partial charge in [0, 0.05) is 76.1 Å². The molecule has 0 heterocycles. The van der Waals surface area contributed by atoms with Crippen LogP contribution in [0.1, 0.15) is 15.9 Å². The minimum atomic E-state index is -1.50. The molecule has 0 aliphatic rings. The molecule has 0 unspecified atom stereocenters. The molecular weight excluding hydrogens is 358 g/mol. The van der Waals surface area contributed by atoms with Crippen LogP contribution in [0.2, 0.25) is 0 Å².